The number of benzene rings is 1. The summed E-state index contributed by atoms with van der Waals surface area (Å²) < 4.78 is 4.77. The van der Waals surface area contributed by atoms with Crippen LogP contribution in [0.4, 0.5) is 0 Å². The normalized spacial score (nSPS) is 21.7. The van der Waals surface area contributed by atoms with Crippen molar-refractivity contribution in [1.82, 2.24) is 4.90 Å². The number of likely N-dealkylation sites (tertiary alicyclic amines) is 1. The Balaban J connectivity index is 2.18. The van der Waals surface area contributed by atoms with E-state index in [-0.39, 0.29) is 24.8 Å². The number of amides is 1. The summed E-state index contributed by atoms with van der Waals surface area (Å²) in [5.74, 6) is -2.23. The summed E-state index contributed by atoms with van der Waals surface area (Å²) in [5.41, 5.74) is 0.864. The fourth-order valence-corrected chi connectivity index (χ4v) is 3.05. The number of ether oxygens (including phenoxy) is 1. The lowest BCUT2D eigenvalue weighted by molar-refractivity contribution is -0.151. The smallest absolute Gasteiger partial charge is 0.328 e. The zero-order valence-corrected chi connectivity index (χ0v) is 13.3. The number of hydrogen-bond acceptors (Lipinski definition) is 4. The molecule has 0 spiro atoms. The monoisotopic (exact) mass is 319 g/mol. The Morgan fingerprint density at radius 3 is 2.52 bits per heavy atom. The summed E-state index contributed by atoms with van der Waals surface area (Å²) >= 11 is 0. The van der Waals surface area contributed by atoms with Gasteiger partial charge in [0.25, 0.3) is 0 Å². The van der Waals surface area contributed by atoms with E-state index in [1.54, 1.807) is 6.92 Å². The molecule has 0 radical (unpaired) electrons. The van der Waals surface area contributed by atoms with Gasteiger partial charge < -0.3 is 14.7 Å². The Morgan fingerprint density at radius 1 is 1.30 bits per heavy atom. The van der Waals surface area contributed by atoms with Gasteiger partial charge in [-0.2, -0.15) is 0 Å². The summed E-state index contributed by atoms with van der Waals surface area (Å²) in [6.07, 6.45) is 0.267. The van der Waals surface area contributed by atoms with Crippen molar-refractivity contribution in [1.29, 1.82) is 0 Å². The lowest BCUT2D eigenvalue weighted by atomic mass is 9.99. The summed E-state index contributed by atoms with van der Waals surface area (Å²) in [5, 5.41) is 8.95. The van der Waals surface area contributed by atoms with Gasteiger partial charge in [0, 0.05) is 13.0 Å². The second-order valence-electron chi connectivity index (χ2n) is 5.86. The summed E-state index contributed by atoms with van der Waals surface area (Å²) in [6, 6.07) is 8.60. The van der Waals surface area contributed by atoms with Crippen molar-refractivity contribution < 1.29 is 24.2 Å². The van der Waals surface area contributed by atoms with Gasteiger partial charge in [-0.1, -0.05) is 30.3 Å². The molecule has 0 saturated carbocycles. The molecule has 6 heteroatoms. The summed E-state index contributed by atoms with van der Waals surface area (Å²) in [7, 11) is 1.27. The van der Waals surface area contributed by atoms with E-state index < -0.39 is 23.9 Å². The fourth-order valence-electron chi connectivity index (χ4n) is 3.05. The molecule has 0 aromatic heterocycles. The van der Waals surface area contributed by atoms with Crippen molar-refractivity contribution in [3.8, 4) is 0 Å². The third-order valence-corrected chi connectivity index (χ3v) is 4.28. The maximum absolute atomic E-state index is 12.8. The Morgan fingerprint density at radius 2 is 1.96 bits per heavy atom. The Kier molecular flexibility index (Phi) is 5.36. The molecule has 1 saturated heterocycles. The maximum atomic E-state index is 12.8. The first-order valence-electron chi connectivity index (χ1n) is 7.59. The molecule has 1 aliphatic heterocycles. The number of carbonyl (C=O) groups is 3. The summed E-state index contributed by atoms with van der Waals surface area (Å²) in [6.45, 7) is 2.05. The topological polar surface area (TPSA) is 83.9 Å². The molecule has 1 aliphatic rings. The van der Waals surface area contributed by atoms with Crippen LogP contribution in [0.3, 0.4) is 0 Å². The number of carbonyl (C=O) groups excluding carboxylic acids is 2. The molecule has 124 valence electrons. The highest BCUT2D eigenvalue weighted by molar-refractivity contribution is 5.89. The number of hydrogen-bond donors (Lipinski definition) is 1. The van der Waals surface area contributed by atoms with Crippen molar-refractivity contribution in [2.75, 3.05) is 13.7 Å². The molecular formula is C17H21NO5. The fraction of sp³-hybridized carbons (Fsp3) is 0.471. The van der Waals surface area contributed by atoms with Crippen molar-refractivity contribution >= 4 is 17.8 Å². The third-order valence-electron chi connectivity index (χ3n) is 4.28. The van der Waals surface area contributed by atoms with Crippen LogP contribution in [0.25, 0.3) is 0 Å². The van der Waals surface area contributed by atoms with Gasteiger partial charge in [-0.25, -0.2) is 4.79 Å². The van der Waals surface area contributed by atoms with E-state index >= 15 is 0 Å². The van der Waals surface area contributed by atoms with Crippen LogP contribution in [0, 0.1) is 5.92 Å². The number of esters is 1. The zero-order chi connectivity index (χ0) is 17.0. The van der Waals surface area contributed by atoms with Crippen LogP contribution in [0.15, 0.2) is 30.3 Å². The van der Waals surface area contributed by atoms with Crippen molar-refractivity contribution in [2.45, 2.75) is 31.7 Å². The van der Waals surface area contributed by atoms with Gasteiger partial charge in [0.15, 0.2) is 0 Å². The van der Waals surface area contributed by atoms with Crippen LogP contribution in [0.2, 0.25) is 0 Å². The first-order valence-corrected chi connectivity index (χ1v) is 7.59. The maximum Gasteiger partial charge on any atom is 0.328 e. The summed E-state index contributed by atoms with van der Waals surface area (Å²) in [4.78, 5) is 37.1. The first-order chi connectivity index (χ1) is 10.9. The number of carboxylic acids is 1. The third kappa shape index (κ3) is 3.88. The second kappa shape index (κ2) is 7.26. The molecule has 0 bridgehead atoms. The first kappa shape index (κ1) is 17.0. The Hall–Kier alpha value is -2.37. The average Bonchev–Trinajstić information content (AvgIpc) is 2.96. The molecular weight excluding hydrogens is 298 g/mol. The second-order valence-corrected chi connectivity index (χ2v) is 5.86. The zero-order valence-electron chi connectivity index (χ0n) is 13.3. The van der Waals surface area contributed by atoms with Crippen LogP contribution in [-0.2, 0) is 19.1 Å². The standard InChI is InChI=1S/C17H21NO5/c1-11(13-6-4-3-5-7-13)16(21)18-10-12(9-15(19)20)8-14(18)17(22)23-2/h3-7,11-12,14H,8-10H2,1-2H3,(H,19,20)/t11?,12-,14+/m1/s1. The van der Waals surface area contributed by atoms with Gasteiger partial charge in [0.2, 0.25) is 5.91 Å². The van der Waals surface area contributed by atoms with Crippen molar-refractivity contribution in [3.63, 3.8) is 0 Å². The molecule has 2 rings (SSSR count). The molecule has 6 nitrogen and oxygen atoms in total. The quantitative estimate of drug-likeness (QED) is 0.834. The van der Waals surface area contributed by atoms with E-state index in [0.717, 1.165) is 5.56 Å². The van der Waals surface area contributed by atoms with Crippen LogP contribution in [0.1, 0.15) is 31.2 Å². The Bertz CT molecular complexity index is 586. The molecule has 1 unspecified atom stereocenters. The Labute approximate surface area is 135 Å². The van der Waals surface area contributed by atoms with E-state index in [2.05, 4.69) is 0 Å². The highest BCUT2D eigenvalue weighted by atomic mass is 16.5. The van der Waals surface area contributed by atoms with Crippen LogP contribution in [0.5, 0.6) is 0 Å². The van der Waals surface area contributed by atoms with E-state index in [0.29, 0.717) is 6.42 Å². The molecule has 1 aromatic rings. The number of methoxy groups -OCH3 is 1. The molecule has 0 aliphatic carbocycles. The lowest BCUT2D eigenvalue weighted by Crippen LogP contribution is -2.43. The number of carboxylic acid groups (broad SMARTS) is 1. The molecule has 1 aromatic carbocycles. The number of nitrogens with zero attached hydrogens (tertiary/aromatic N) is 1. The predicted octanol–water partition coefficient (Wildman–Crippen LogP) is 1.65. The largest absolute Gasteiger partial charge is 0.481 e. The highest BCUT2D eigenvalue weighted by Crippen LogP contribution is 2.30. The SMILES string of the molecule is COC(=O)[C@@H]1C[C@H](CC(=O)O)CN1C(=O)C(C)c1ccccc1. The van der Waals surface area contributed by atoms with Crippen molar-refractivity contribution in [3.05, 3.63) is 35.9 Å². The average molecular weight is 319 g/mol. The molecule has 1 fully saturated rings. The molecule has 1 amide bonds. The van der Waals surface area contributed by atoms with Crippen molar-refractivity contribution in [2.24, 2.45) is 5.92 Å². The van der Waals surface area contributed by atoms with Gasteiger partial charge >= 0.3 is 11.9 Å². The van der Waals surface area contributed by atoms with Gasteiger partial charge in [-0.15, -0.1) is 0 Å². The van der Waals surface area contributed by atoms with Crippen LogP contribution >= 0.6 is 0 Å². The molecule has 1 heterocycles. The minimum Gasteiger partial charge on any atom is -0.481 e. The van der Waals surface area contributed by atoms with E-state index in [4.69, 9.17) is 9.84 Å². The van der Waals surface area contributed by atoms with Crippen LogP contribution in [-0.4, -0.2) is 47.5 Å². The minimum absolute atomic E-state index is 0.0585. The number of rotatable bonds is 5. The minimum atomic E-state index is -0.927. The van der Waals surface area contributed by atoms with Gasteiger partial charge in [-0.05, 0) is 24.8 Å². The van der Waals surface area contributed by atoms with Gasteiger partial charge in [0.1, 0.15) is 6.04 Å². The highest BCUT2D eigenvalue weighted by Gasteiger charge is 2.42. The van der Waals surface area contributed by atoms with E-state index in [1.165, 1.54) is 12.0 Å². The van der Waals surface area contributed by atoms with Crippen LogP contribution < -0.4 is 0 Å². The predicted molar refractivity (Wildman–Crippen MR) is 82.7 cm³/mol. The number of aliphatic carboxylic acids is 1. The van der Waals surface area contributed by atoms with Gasteiger partial charge in [-0.3, -0.25) is 9.59 Å². The van der Waals surface area contributed by atoms with E-state index in [1.807, 2.05) is 30.3 Å². The molecule has 3 atom stereocenters. The molecule has 1 N–H and O–H groups in total. The van der Waals surface area contributed by atoms with Gasteiger partial charge in [0.05, 0.1) is 13.0 Å². The molecule has 23 heavy (non-hydrogen) atoms. The van der Waals surface area contributed by atoms with E-state index in [9.17, 15) is 14.4 Å². The lowest BCUT2D eigenvalue weighted by Gasteiger charge is -2.26.